The summed E-state index contributed by atoms with van der Waals surface area (Å²) in [5.41, 5.74) is 1.63. The molecule has 1 aromatic rings. The summed E-state index contributed by atoms with van der Waals surface area (Å²) in [4.78, 5) is 0. The van der Waals surface area contributed by atoms with Crippen molar-refractivity contribution >= 4 is 29.2 Å². The summed E-state index contributed by atoms with van der Waals surface area (Å²) in [5.74, 6) is 0. The predicted octanol–water partition coefficient (Wildman–Crippen LogP) is 1.31. The third-order valence-electron chi connectivity index (χ3n) is 1.34. The Labute approximate surface area is 75.6 Å². The van der Waals surface area contributed by atoms with Crippen molar-refractivity contribution in [3.63, 3.8) is 0 Å². The molecule has 0 atom stereocenters. The minimum absolute atomic E-state index is 0.394. The van der Waals surface area contributed by atoms with Crippen molar-refractivity contribution in [1.29, 1.82) is 5.26 Å². The summed E-state index contributed by atoms with van der Waals surface area (Å²) in [6, 6.07) is 7.51. The smallest absolute Gasteiger partial charge is 0.113 e. The highest BCUT2D eigenvalue weighted by Gasteiger charge is 1.97. The molecule has 11 heavy (non-hydrogen) atoms. The van der Waals surface area contributed by atoms with Gasteiger partial charge in [0.25, 0.3) is 0 Å². The maximum atomic E-state index is 8.42. The van der Waals surface area contributed by atoms with E-state index in [-0.39, 0.29) is 0 Å². The zero-order valence-electron chi connectivity index (χ0n) is 5.84. The normalized spacial score (nSPS) is 9.09. The quantitative estimate of drug-likeness (QED) is 0.635. The molecule has 0 aliphatic carbocycles. The molecule has 0 unspecified atom stereocenters. The molecule has 0 spiro atoms. The van der Waals surface area contributed by atoms with Gasteiger partial charge in [-0.05, 0) is 11.6 Å². The Morgan fingerprint density at radius 2 is 2.27 bits per heavy atom. The highest BCUT2D eigenvalue weighted by atomic mass is 79.9. The van der Waals surface area contributed by atoms with Crippen LogP contribution in [0.25, 0.3) is 0 Å². The van der Waals surface area contributed by atoms with Crippen LogP contribution in [0.1, 0.15) is 5.56 Å². The monoisotopic (exact) mass is 205 g/mol. The van der Waals surface area contributed by atoms with E-state index in [1.807, 2.05) is 6.07 Å². The summed E-state index contributed by atoms with van der Waals surface area (Å²) in [5, 5.41) is 8.42. The van der Waals surface area contributed by atoms with Crippen LogP contribution in [0.4, 0.5) is 0 Å². The molecule has 0 aliphatic heterocycles. The summed E-state index contributed by atoms with van der Waals surface area (Å²) < 4.78 is 0.938. The fourth-order valence-corrected chi connectivity index (χ4v) is 1.20. The number of hydrogen-bond donors (Lipinski definition) is 0. The summed E-state index contributed by atoms with van der Waals surface area (Å²) in [7, 11) is 5.53. The van der Waals surface area contributed by atoms with Crippen molar-refractivity contribution in [2.45, 2.75) is 6.42 Å². The molecule has 0 amide bonds. The maximum absolute atomic E-state index is 8.42. The SMILES string of the molecule is [B]c1ccc(Br)c(CC#N)c1. The Hall–Kier alpha value is -0.745. The number of hydrogen-bond acceptors (Lipinski definition) is 1. The third kappa shape index (κ3) is 2.09. The van der Waals surface area contributed by atoms with Gasteiger partial charge in [-0.3, -0.25) is 0 Å². The van der Waals surface area contributed by atoms with Crippen LogP contribution < -0.4 is 5.46 Å². The number of rotatable bonds is 1. The van der Waals surface area contributed by atoms with Crippen LogP contribution in [0.2, 0.25) is 0 Å². The first kappa shape index (κ1) is 8.35. The summed E-state index contributed by atoms with van der Waals surface area (Å²) in [6.07, 6.45) is 0.394. The lowest BCUT2D eigenvalue weighted by Gasteiger charge is -1.99. The van der Waals surface area contributed by atoms with Crippen molar-refractivity contribution < 1.29 is 0 Å². The van der Waals surface area contributed by atoms with Crippen LogP contribution in [0.3, 0.4) is 0 Å². The van der Waals surface area contributed by atoms with Crippen molar-refractivity contribution in [3.05, 3.63) is 28.2 Å². The number of halogens is 1. The Bertz CT molecular complexity index is 303. The van der Waals surface area contributed by atoms with E-state index < -0.39 is 0 Å². The molecule has 0 N–H and O–H groups in total. The van der Waals surface area contributed by atoms with Gasteiger partial charge in [0.15, 0.2) is 0 Å². The Kier molecular flexibility index (Phi) is 2.73. The minimum atomic E-state index is 0.394. The average molecular weight is 206 g/mol. The van der Waals surface area contributed by atoms with Gasteiger partial charge in [0.1, 0.15) is 7.85 Å². The zero-order chi connectivity index (χ0) is 8.27. The van der Waals surface area contributed by atoms with Gasteiger partial charge in [0, 0.05) is 4.47 Å². The highest BCUT2D eigenvalue weighted by Crippen LogP contribution is 2.14. The highest BCUT2D eigenvalue weighted by molar-refractivity contribution is 9.10. The molecule has 1 aromatic carbocycles. The first-order valence-corrected chi connectivity index (χ1v) is 3.94. The second-order valence-corrected chi connectivity index (χ2v) is 3.04. The molecular formula is C8H5BBrN. The zero-order valence-corrected chi connectivity index (χ0v) is 7.43. The van der Waals surface area contributed by atoms with E-state index in [2.05, 4.69) is 22.0 Å². The minimum Gasteiger partial charge on any atom is -0.198 e. The van der Waals surface area contributed by atoms with Gasteiger partial charge in [-0.2, -0.15) is 5.26 Å². The van der Waals surface area contributed by atoms with Crippen LogP contribution in [0.15, 0.2) is 22.7 Å². The number of nitrogens with zero attached hydrogens (tertiary/aromatic N) is 1. The standard InChI is InChI=1S/C8H5BBrN/c9-7-1-2-8(10)6(5-7)3-4-11/h1-2,5H,3H2. The molecule has 0 heterocycles. The van der Waals surface area contributed by atoms with E-state index >= 15 is 0 Å². The second-order valence-electron chi connectivity index (χ2n) is 2.19. The molecule has 2 radical (unpaired) electrons. The molecule has 1 rings (SSSR count). The number of nitriles is 1. The van der Waals surface area contributed by atoms with Gasteiger partial charge in [0.05, 0.1) is 12.5 Å². The van der Waals surface area contributed by atoms with Crippen LogP contribution in [0.5, 0.6) is 0 Å². The molecule has 0 saturated carbocycles. The number of benzene rings is 1. The topological polar surface area (TPSA) is 23.8 Å². The van der Waals surface area contributed by atoms with E-state index in [1.165, 1.54) is 0 Å². The van der Waals surface area contributed by atoms with Crippen molar-refractivity contribution in [1.82, 2.24) is 0 Å². The van der Waals surface area contributed by atoms with Gasteiger partial charge in [-0.25, -0.2) is 0 Å². The molecular weight excluding hydrogens is 201 g/mol. The predicted molar refractivity (Wildman–Crippen MR) is 48.8 cm³/mol. The van der Waals surface area contributed by atoms with E-state index in [1.54, 1.807) is 12.1 Å². The molecule has 0 bridgehead atoms. The lowest BCUT2D eigenvalue weighted by molar-refractivity contribution is 1.25. The lowest BCUT2D eigenvalue weighted by atomic mass is 9.94. The van der Waals surface area contributed by atoms with Crippen molar-refractivity contribution in [2.24, 2.45) is 0 Å². The van der Waals surface area contributed by atoms with E-state index in [0.29, 0.717) is 11.9 Å². The molecule has 0 fully saturated rings. The van der Waals surface area contributed by atoms with Gasteiger partial charge in [-0.15, -0.1) is 0 Å². The lowest BCUT2D eigenvalue weighted by Crippen LogP contribution is -2.02. The molecule has 3 heteroatoms. The van der Waals surface area contributed by atoms with E-state index in [4.69, 9.17) is 13.1 Å². The van der Waals surface area contributed by atoms with E-state index in [0.717, 1.165) is 10.0 Å². The third-order valence-corrected chi connectivity index (χ3v) is 2.11. The van der Waals surface area contributed by atoms with Crippen LogP contribution in [0, 0.1) is 11.3 Å². The molecule has 0 aromatic heterocycles. The van der Waals surface area contributed by atoms with Gasteiger partial charge < -0.3 is 0 Å². The van der Waals surface area contributed by atoms with Crippen molar-refractivity contribution in [2.75, 3.05) is 0 Å². The van der Waals surface area contributed by atoms with Crippen molar-refractivity contribution in [3.8, 4) is 6.07 Å². The Balaban J connectivity index is 3.05. The molecule has 1 nitrogen and oxygen atoms in total. The fourth-order valence-electron chi connectivity index (χ4n) is 0.815. The van der Waals surface area contributed by atoms with Crippen LogP contribution in [-0.2, 0) is 6.42 Å². The van der Waals surface area contributed by atoms with Gasteiger partial charge in [0.2, 0.25) is 0 Å². The fraction of sp³-hybridized carbons (Fsp3) is 0.125. The second kappa shape index (κ2) is 3.59. The van der Waals surface area contributed by atoms with Gasteiger partial charge >= 0.3 is 0 Å². The first-order valence-electron chi connectivity index (χ1n) is 3.15. The van der Waals surface area contributed by atoms with Crippen LogP contribution in [-0.4, -0.2) is 7.85 Å². The average Bonchev–Trinajstić information content (AvgIpc) is 1.98. The van der Waals surface area contributed by atoms with E-state index in [9.17, 15) is 0 Å². The summed E-state index contributed by atoms with van der Waals surface area (Å²) >= 11 is 3.32. The Morgan fingerprint density at radius 1 is 1.55 bits per heavy atom. The van der Waals surface area contributed by atoms with Gasteiger partial charge in [-0.1, -0.05) is 33.5 Å². The summed E-state index contributed by atoms with van der Waals surface area (Å²) in [6.45, 7) is 0. The first-order chi connectivity index (χ1) is 5.24. The largest absolute Gasteiger partial charge is 0.198 e. The molecule has 0 aliphatic rings. The van der Waals surface area contributed by atoms with Crippen LogP contribution >= 0.6 is 15.9 Å². The molecule has 0 saturated heterocycles. The molecule has 52 valence electrons. The Morgan fingerprint density at radius 3 is 2.91 bits per heavy atom. The maximum Gasteiger partial charge on any atom is 0.113 e.